The molecule has 3 heterocycles. The molecule has 2 aromatic carbocycles. The maximum absolute atomic E-state index is 14.1. The molecule has 1 amide bonds. The molecular formula is C35H39ClFN4O4U-. The van der Waals surface area contributed by atoms with Gasteiger partial charge in [0.2, 0.25) is 5.88 Å². The number of hydrogen-bond acceptors (Lipinski definition) is 7. The number of pyridine rings is 1. The van der Waals surface area contributed by atoms with E-state index in [1.165, 1.54) is 6.07 Å². The predicted molar refractivity (Wildman–Crippen MR) is 174 cm³/mol. The second kappa shape index (κ2) is 18.9. The molecule has 5 rings (SSSR count). The third kappa shape index (κ3) is 10.5. The molecule has 0 unspecified atom stereocenters. The van der Waals surface area contributed by atoms with Crippen molar-refractivity contribution < 1.29 is 54.6 Å². The summed E-state index contributed by atoms with van der Waals surface area (Å²) in [6, 6.07) is 15.9. The van der Waals surface area contributed by atoms with Crippen LogP contribution in [-0.2, 0) is 16.1 Å². The number of aryl methyl sites for hydroxylation is 1. The van der Waals surface area contributed by atoms with E-state index in [2.05, 4.69) is 22.6 Å². The molecule has 46 heavy (non-hydrogen) atoms. The van der Waals surface area contributed by atoms with Gasteiger partial charge in [-0.05, 0) is 63.2 Å². The molecule has 242 valence electrons. The SMILES string of the molecule is C#C.Cc1ccc([C-]=O)cc1N(CCN1CCC(c2cccc(OCc3ccc(Cl)cc3F)n2)CC1)CCN1CCCOC1=O.[U]. The van der Waals surface area contributed by atoms with E-state index < -0.39 is 5.82 Å². The van der Waals surface area contributed by atoms with Crippen molar-refractivity contribution in [2.75, 3.05) is 57.3 Å². The van der Waals surface area contributed by atoms with Crippen molar-refractivity contribution >= 4 is 29.7 Å². The standard InChI is InChI=1S/C33H37ClFN4O4.C2H2.U/c1-24-6-7-25(22-40)20-31(24)38(17-18-39-12-3-19-42-33(39)41)16-15-37-13-10-26(11-14-37)30-4-2-5-32(36-30)43-23-27-8-9-28(34)21-29(27)35;1-2;/h2,4-9,20-21,26H,3,10-19,23H2,1H3;1-2H;/q-1;;. The first-order chi connectivity index (χ1) is 21.9. The minimum atomic E-state index is -0.395. The van der Waals surface area contributed by atoms with Crippen LogP contribution >= 0.6 is 11.6 Å². The number of carbonyl (C=O) groups excluding carboxylic acids is 2. The Bertz CT molecular complexity index is 1470. The molecule has 0 bridgehead atoms. The fourth-order valence-electron chi connectivity index (χ4n) is 5.65. The molecule has 0 atom stereocenters. The molecule has 3 aromatic rings. The summed E-state index contributed by atoms with van der Waals surface area (Å²) in [6.07, 6.45) is 12.5. The number of amides is 1. The van der Waals surface area contributed by atoms with Gasteiger partial charge >= 0.3 is 6.09 Å². The zero-order valence-corrected chi connectivity index (χ0v) is 31.0. The summed E-state index contributed by atoms with van der Waals surface area (Å²) >= 11 is 5.85. The van der Waals surface area contributed by atoms with Crippen LogP contribution in [0.5, 0.6) is 5.88 Å². The first kappa shape index (κ1) is 37.4. The molecule has 11 heteroatoms. The van der Waals surface area contributed by atoms with Crippen LogP contribution in [0.3, 0.4) is 0 Å². The van der Waals surface area contributed by atoms with E-state index in [9.17, 15) is 14.0 Å². The van der Waals surface area contributed by atoms with E-state index in [1.807, 2.05) is 37.5 Å². The fourth-order valence-corrected chi connectivity index (χ4v) is 5.81. The summed E-state index contributed by atoms with van der Waals surface area (Å²) < 4.78 is 25.2. The minimum Gasteiger partial charge on any atom is -0.473 e. The van der Waals surface area contributed by atoms with Crippen LogP contribution in [0.2, 0.25) is 5.02 Å². The van der Waals surface area contributed by atoms with Gasteiger partial charge in [-0.2, -0.15) is 6.07 Å². The Morgan fingerprint density at radius 2 is 1.85 bits per heavy atom. The van der Waals surface area contributed by atoms with Crippen molar-refractivity contribution in [2.45, 2.75) is 38.7 Å². The Morgan fingerprint density at radius 1 is 1.09 bits per heavy atom. The van der Waals surface area contributed by atoms with Crippen molar-refractivity contribution in [3.05, 3.63) is 87.8 Å². The van der Waals surface area contributed by atoms with Crippen LogP contribution in [0.1, 0.15) is 47.6 Å². The Labute approximate surface area is 300 Å². The second-order valence-electron chi connectivity index (χ2n) is 11.1. The maximum atomic E-state index is 14.1. The Hall–Kier alpha value is -3.08. The van der Waals surface area contributed by atoms with Gasteiger partial charge in [0.05, 0.1) is 12.9 Å². The number of hydrogen-bond donors (Lipinski definition) is 0. The number of aromatic nitrogens is 1. The Morgan fingerprint density at radius 3 is 2.57 bits per heavy atom. The molecule has 8 nitrogen and oxygen atoms in total. The third-order valence-corrected chi connectivity index (χ3v) is 8.43. The number of nitrogens with zero attached hydrogens (tertiary/aromatic N) is 4. The van der Waals surface area contributed by atoms with Gasteiger partial charge in [-0.25, -0.2) is 14.2 Å². The van der Waals surface area contributed by atoms with Crippen LogP contribution in [0.25, 0.3) is 0 Å². The molecule has 0 N–H and O–H groups in total. The fraction of sp³-hybridized carbons (Fsp3) is 0.400. The summed E-state index contributed by atoms with van der Waals surface area (Å²) in [4.78, 5) is 34.8. The number of terminal acetylenes is 1. The molecule has 1 aromatic heterocycles. The maximum Gasteiger partial charge on any atom is 0.409 e. The number of carbonyl (C=O) groups is 1. The zero-order chi connectivity index (χ0) is 32.2. The van der Waals surface area contributed by atoms with Crippen LogP contribution in [0.4, 0.5) is 14.9 Å². The van der Waals surface area contributed by atoms with E-state index in [1.54, 1.807) is 29.2 Å². The first-order valence-electron chi connectivity index (χ1n) is 15.1. The summed E-state index contributed by atoms with van der Waals surface area (Å²) in [7, 11) is 0. The van der Waals surface area contributed by atoms with Gasteiger partial charge in [0.15, 0.2) is 0 Å². The molecule has 0 saturated carbocycles. The number of benzene rings is 2. The number of anilines is 1. The molecule has 0 aliphatic carbocycles. The molecule has 0 spiro atoms. The number of ether oxygens (including phenoxy) is 2. The molecule has 2 fully saturated rings. The van der Waals surface area contributed by atoms with Gasteiger partial charge in [0, 0.05) is 92.1 Å². The molecule has 2 saturated heterocycles. The second-order valence-corrected chi connectivity index (χ2v) is 11.5. The summed E-state index contributed by atoms with van der Waals surface area (Å²) in [5.41, 5.74) is 4.00. The van der Waals surface area contributed by atoms with E-state index in [4.69, 9.17) is 26.1 Å². The number of likely N-dealkylation sites (tertiary alicyclic amines) is 1. The smallest absolute Gasteiger partial charge is 0.409 e. The van der Waals surface area contributed by atoms with E-state index in [0.29, 0.717) is 54.2 Å². The zero-order valence-electron chi connectivity index (χ0n) is 26.1. The number of rotatable bonds is 12. The topological polar surface area (TPSA) is 75.2 Å². The van der Waals surface area contributed by atoms with Crippen molar-refractivity contribution in [1.29, 1.82) is 0 Å². The summed E-state index contributed by atoms with van der Waals surface area (Å²) in [5.74, 6) is 0.400. The Kier molecular flexibility index (Phi) is 15.4. The van der Waals surface area contributed by atoms with Crippen molar-refractivity contribution in [1.82, 2.24) is 14.8 Å². The van der Waals surface area contributed by atoms with Crippen LogP contribution in [0, 0.1) is 56.7 Å². The minimum absolute atomic E-state index is 0. The quantitative estimate of drug-likeness (QED) is 0.164. The first-order valence-corrected chi connectivity index (χ1v) is 15.5. The molecule has 0 radical (unpaired) electrons. The monoisotopic (exact) mass is 871 g/mol. The van der Waals surface area contributed by atoms with Gasteiger partial charge in [0.1, 0.15) is 12.4 Å². The van der Waals surface area contributed by atoms with Gasteiger partial charge in [-0.15, -0.1) is 30.5 Å². The average molecular weight is 872 g/mol. The Balaban J connectivity index is 0.00000188. The average Bonchev–Trinajstić information content (AvgIpc) is 3.07. The van der Waals surface area contributed by atoms with Gasteiger partial charge < -0.3 is 29.0 Å². The van der Waals surface area contributed by atoms with Gasteiger partial charge in [0.25, 0.3) is 0 Å². The number of cyclic esters (lactones) is 1. The van der Waals surface area contributed by atoms with Gasteiger partial charge in [-0.3, -0.25) is 0 Å². The van der Waals surface area contributed by atoms with Gasteiger partial charge in [-0.1, -0.05) is 29.3 Å². The molecule has 2 aliphatic heterocycles. The largest absolute Gasteiger partial charge is 0.473 e. The van der Waals surface area contributed by atoms with Crippen LogP contribution < -0.4 is 9.64 Å². The van der Waals surface area contributed by atoms with Crippen molar-refractivity contribution in [2.24, 2.45) is 0 Å². The van der Waals surface area contributed by atoms with Crippen molar-refractivity contribution in [3.8, 4) is 18.7 Å². The predicted octanol–water partition coefficient (Wildman–Crippen LogP) is 6.00. The third-order valence-electron chi connectivity index (χ3n) is 8.19. The summed E-state index contributed by atoms with van der Waals surface area (Å²) in [5, 5.41) is 0.352. The number of piperidine rings is 1. The van der Waals surface area contributed by atoms with Crippen LogP contribution in [0.15, 0.2) is 54.6 Å². The normalized spacial score (nSPS) is 15.2. The van der Waals surface area contributed by atoms with E-state index in [0.717, 1.165) is 62.4 Å². The van der Waals surface area contributed by atoms with Crippen molar-refractivity contribution in [3.63, 3.8) is 0 Å². The number of halogens is 2. The van der Waals surface area contributed by atoms with Crippen LogP contribution in [-0.4, -0.2) is 79.6 Å². The molecular weight excluding hydrogens is 833 g/mol. The summed E-state index contributed by atoms with van der Waals surface area (Å²) in [6.45, 7) is 7.97. The molecule has 2 aliphatic rings. The van der Waals surface area contributed by atoms with E-state index in [-0.39, 0.29) is 43.8 Å². The van der Waals surface area contributed by atoms with E-state index >= 15 is 0 Å².